The van der Waals surface area contributed by atoms with Gasteiger partial charge in [0, 0.05) is 23.1 Å². The fourth-order valence-corrected chi connectivity index (χ4v) is 2.55. The van der Waals surface area contributed by atoms with E-state index in [0.29, 0.717) is 19.7 Å². The van der Waals surface area contributed by atoms with Crippen molar-refractivity contribution in [3.05, 3.63) is 33.8 Å². The number of amides is 1. The van der Waals surface area contributed by atoms with Gasteiger partial charge in [0.15, 0.2) is 0 Å². The molecule has 1 aromatic rings. The van der Waals surface area contributed by atoms with Crippen LogP contribution in [0.3, 0.4) is 0 Å². The molecule has 0 saturated carbocycles. The molecule has 1 aromatic carbocycles. The number of nitrogens with zero attached hydrogens (tertiary/aromatic N) is 1. The highest BCUT2D eigenvalue weighted by atomic mass is 79.9. The minimum atomic E-state index is -0.256. The quantitative estimate of drug-likeness (QED) is 0.798. The largest absolute Gasteiger partial charge is 0.372 e. The van der Waals surface area contributed by atoms with Crippen LogP contribution < -0.4 is 0 Å². The smallest absolute Gasteiger partial charge is 0.254 e. The molecule has 0 aromatic heterocycles. The minimum Gasteiger partial charge on any atom is -0.372 e. The lowest BCUT2D eigenvalue weighted by Crippen LogP contribution is -2.50. The first-order valence-corrected chi connectivity index (χ1v) is 6.88. The third-order valence-corrected chi connectivity index (χ3v) is 3.64. The molecule has 0 spiro atoms. The Morgan fingerprint density at radius 3 is 2.83 bits per heavy atom. The molecular formula is C14H18BrNO2. The van der Waals surface area contributed by atoms with E-state index >= 15 is 0 Å². The number of hydrogen-bond acceptors (Lipinski definition) is 2. The Morgan fingerprint density at radius 1 is 1.44 bits per heavy atom. The number of halogens is 1. The van der Waals surface area contributed by atoms with E-state index in [2.05, 4.69) is 15.9 Å². The fourth-order valence-electron chi connectivity index (χ4n) is 2.18. The molecule has 0 radical (unpaired) electrons. The van der Waals surface area contributed by atoms with Crippen LogP contribution in [0.25, 0.3) is 0 Å². The average molecular weight is 312 g/mol. The lowest BCUT2D eigenvalue weighted by atomic mass is 10.0. The van der Waals surface area contributed by atoms with Crippen molar-refractivity contribution in [3.8, 4) is 0 Å². The minimum absolute atomic E-state index is 0.0881. The zero-order chi connectivity index (χ0) is 13.3. The number of benzene rings is 1. The van der Waals surface area contributed by atoms with Gasteiger partial charge in [0.05, 0.1) is 12.2 Å². The molecule has 1 saturated heterocycles. The van der Waals surface area contributed by atoms with E-state index in [9.17, 15) is 4.79 Å². The van der Waals surface area contributed by atoms with Crippen molar-refractivity contribution in [2.75, 3.05) is 19.7 Å². The Hall–Kier alpha value is -0.870. The SMILES string of the molecule is Cc1ccc(Br)cc1C(=O)N1CCOC(C)(C)C1. The van der Waals surface area contributed by atoms with E-state index in [4.69, 9.17) is 4.74 Å². The van der Waals surface area contributed by atoms with Crippen LogP contribution in [0.2, 0.25) is 0 Å². The molecule has 0 bridgehead atoms. The Bertz CT molecular complexity index is 471. The lowest BCUT2D eigenvalue weighted by molar-refractivity contribution is -0.0764. The Labute approximate surface area is 116 Å². The number of carbonyl (C=O) groups is 1. The molecule has 1 amide bonds. The van der Waals surface area contributed by atoms with Gasteiger partial charge in [0.1, 0.15) is 0 Å². The zero-order valence-corrected chi connectivity index (χ0v) is 12.6. The van der Waals surface area contributed by atoms with E-state index in [1.807, 2.05) is 43.9 Å². The topological polar surface area (TPSA) is 29.5 Å². The van der Waals surface area contributed by atoms with Gasteiger partial charge in [0.25, 0.3) is 5.91 Å². The van der Waals surface area contributed by atoms with Crippen molar-refractivity contribution in [2.24, 2.45) is 0 Å². The van der Waals surface area contributed by atoms with Crippen LogP contribution in [0.5, 0.6) is 0 Å². The van der Waals surface area contributed by atoms with E-state index in [0.717, 1.165) is 15.6 Å². The van der Waals surface area contributed by atoms with Gasteiger partial charge in [-0.2, -0.15) is 0 Å². The molecule has 3 nitrogen and oxygen atoms in total. The first-order chi connectivity index (χ1) is 8.39. The number of carbonyl (C=O) groups excluding carboxylic acids is 1. The number of aryl methyl sites for hydroxylation is 1. The molecule has 1 aliphatic heterocycles. The summed E-state index contributed by atoms with van der Waals surface area (Å²) >= 11 is 3.42. The van der Waals surface area contributed by atoms with Crippen LogP contribution in [0.15, 0.2) is 22.7 Å². The van der Waals surface area contributed by atoms with Gasteiger partial charge in [-0.25, -0.2) is 0 Å². The standard InChI is InChI=1S/C14H18BrNO2/c1-10-4-5-11(15)8-12(10)13(17)16-6-7-18-14(2,3)9-16/h4-5,8H,6-7,9H2,1-3H3. The van der Waals surface area contributed by atoms with Gasteiger partial charge in [-0.3, -0.25) is 4.79 Å². The van der Waals surface area contributed by atoms with Crippen molar-refractivity contribution in [1.29, 1.82) is 0 Å². The molecule has 18 heavy (non-hydrogen) atoms. The van der Waals surface area contributed by atoms with E-state index in [1.165, 1.54) is 0 Å². The van der Waals surface area contributed by atoms with E-state index < -0.39 is 0 Å². The molecule has 2 rings (SSSR count). The molecule has 0 N–H and O–H groups in total. The number of ether oxygens (including phenoxy) is 1. The molecule has 4 heteroatoms. The van der Waals surface area contributed by atoms with E-state index in [1.54, 1.807) is 0 Å². The summed E-state index contributed by atoms with van der Waals surface area (Å²) in [4.78, 5) is 14.4. The first-order valence-electron chi connectivity index (χ1n) is 6.08. The normalized spacial score (nSPS) is 18.8. The van der Waals surface area contributed by atoms with Gasteiger partial charge in [0.2, 0.25) is 0 Å². The van der Waals surface area contributed by atoms with Crippen molar-refractivity contribution >= 4 is 21.8 Å². The van der Waals surface area contributed by atoms with Crippen LogP contribution in [0, 0.1) is 6.92 Å². The predicted octanol–water partition coefficient (Wildman–Crippen LogP) is 3.01. The number of rotatable bonds is 1. The molecule has 1 aliphatic rings. The second kappa shape index (κ2) is 5.02. The molecular weight excluding hydrogens is 294 g/mol. The maximum atomic E-state index is 12.5. The monoisotopic (exact) mass is 311 g/mol. The highest BCUT2D eigenvalue weighted by Gasteiger charge is 2.30. The summed E-state index contributed by atoms with van der Waals surface area (Å²) in [5.41, 5.74) is 1.52. The van der Waals surface area contributed by atoms with Gasteiger partial charge in [-0.1, -0.05) is 22.0 Å². The number of morpholine rings is 1. The predicted molar refractivity (Wildman–Crippen MR) is 74.8 cm³/mol. The summed E-state index contributed by atoms with van der Waals surface area (Å²) < 4.78 is 6.57. The van der Waals surface area contributed by atoms with Crippen LogP contribution in [-0.2, 0) is 4.74 Å². The highest BCUT2D eigenvalue weighted by Crippen LogP contribution is 2.22. The van der Waals surface area contributed by atoms with Crippen molar-refractivity contribution in [2.45, 2.75) is 26.4 Å². The maximum Gasteiger partial charge on any atom is 0.254 e. The van der Waals surface area contributed by atoms with E-state index in [-0.39, 0.29) is 11.5 Å². The Balaban J connectivity index is 2.23. The summed E-state index contributed by atoms with van der Waals surface area (Å²) in [5, 5.41) is 0. The molecule has 0 unspecified atom stereocenters. The van der Waals surface area contributed by atoms with Gasteiger partial charge >= 0.3 is 0 Å². The second-order valence-electron chi connectivity index (χ2n) is 5.29. The summed E-state index contributed by atoms with van der Waals surface area (Å²) in [6.07, 6.45) is 0. The molecule has 1 fully saturated rings. The van der Waals surface area contributed by atoms with Crippen LogP contribution in [0.4, 0.5) is 0 Å². The lowest BCUT2D eigenvalue weighted by Gasteiger charge is -2.38. The summed E-state index contributed by atoms with van der Waals surface area (Å²) in [6, 6.07) is 5.80. The number of hydrogen-bond donors (Lipinski definition) is 0. The average Bonchev–Trinajstić information content (AvgIpc) is 2.30. The summed E-state index contributed by atoms with van der Waals surface area (Å²) in [7, 11) is 0. The fraction of sp³-hybridized carbons (Fsp3) is 0.500. The molecule has 0 atom stereocenters. The highest BCUT2D eigenvalue weighted by molar-refractivity contribution is 9.10. The van der Waals surface area contributed by atoms with Gasteiger partial charge in [-0.05, 0) is 38.5 Å². The zero-order valence-electron chi connectivity index (χ0n) is 11.0. The van der Waals surface area contributed by atoms with Crippen molar-refractivity contribution in [1.82, 2.24) is 4.90 Å². The van der Waals surface area contributed by atoms with Crippen LogP contribution >= 0.6 is 15.9 Å². The van der Waals surface area contributed by atoms with Crippen molar-refractivity contribution in [3.63, 3.8) is 0 Å². The third-order valence-electron chi connectivity index (χ3n) is 3.14. The van der Waals surface area contributed by atoms with Crippen LogP contribution in [0.1, 0.15) is 29.8 Å². The second-order valence-corrected chi connectivity index (χ2v) is 6.21. The summed E-state index contributed by atoms with van der Waals surface area (Å²) in [6.45, 7) is 7.89. The maximum absolute atomic E-state index is 12.5. The molecule has 1 heterocycles. The van der Waals surface area contributed by atoms with Crippen LogP contribution in [-0.4, -0.2) is 36.1 Å². The van der Waals surface area contributed by atoms with Gasteiger partial charge in [-0.15, -0.1) is 0 Å². The van der Waals surface area contributed by atoms with Crippen molar-refractivity contribution < 1.29 is 9.53 Å². The first kappa shape index (κ1) is 13.6. The Kier molecular flexibility index (Phi) is 3.78. The molecule has 0 aliphatic carbocycles. The third kappa shape index (κ3) is 2.93. The molecule has 98 valence electrons. The van der Waals surface area contributed by atoms with Gasteiger partial charge < -0.3 is 9.64 Å². The summed E-state index contributed by atoms with van der Waals surface area (Å²) in [5.74, 6) is 0.0881. The Morgan fingerprint density at radius 2 is 2.17 bits per heavy atom.